The first-order chi connectivity index (χ1) is 12.6. The van der Waals surface area contributed by atoms with E-state index in [0.29, 0.717) is 5.92 Å². The van der Waals surface area contributed by atoms with Crippen LogP contribution in [0.3, 0.4) is 0 Å². The number of carbonyl (C=O) groups excluding carboxylic acids is 2. The lowest BCUT2D eigenvalue weighted by Crippen LogP contribution is -2.49. The maximum absolute atomic E-state index is 13.6. The van der Waals surface area contributed by atoms with Gasteiger partial charge < -0.3 is 4.74 Å². The second-order valence-electron chi connectivity index (χ2n) is 9.78. The van der Waals surface area contributed by atoms with Crippen molar-refractivity contribution < 1.29 is 22.7 Å². The van der Waals surface area contributed by atoms with Gasteiger partial charge in [-0.2, -0.15) is 0 Å². The molecule has 7 heteroatoms. The highest BCUT2D eigenvalue weighted by molar-refractivity contribution is 7.90. The van der Waals surface area contributed by atoms with E-state index in [4.69, 9.17) is 4.74 Å². The minimum absolute atomic E-state index is 0.0212. The molecule has 6 nitrogen and oxygen atoms in total. The Hall–Kier alpha value is -1.37. The molecule has 1 heterocycles. The van der Waals surface area contributed by atoms with Crippen molar-refractivity contribution in [1.29, 1.82) is 0 Å². The average Bonchev–Trinajstić information content (AvgIpc) is 3.35. The molecule has 4 aliphatic carbocycles. The smallest absolute Gasteiger partial charge is 0.310 e. The van der Waals surface area contributed by atoms with E-state index in [-0.39, 0.29) is 40.4 Å². The maximum atomic E-state index is 13.6. The molecule has 5 rings (SSSR count). The van der Waals surface area contributed by atoms with Crippen LogP contribution in [0.25, 0.3) is 0 Å². The summed E-state index contributed by atoms with van der Waals surface area (Å²) in [6.45, 7) is 4.34. The van der Waals surface area contributed by atoms with E-state index in [9.17, 15) is 18.0 Å². The molecule has 3 saturated carbocycles. The van der Waals surface area contributed by atoms with Crippen molar-refractivity contribution >= 4 is 21.9 Å². The molecule has 0 radical (unpaired) electrons. The highest BCUT2D eigenvalue weighted by atomic mass is 32.2. The summed E-state index contributed by atoms with van der Waals surface area (Å²) in [7, 11) is -2.33. The van der Waals surface area contributed by atoms with E-state index in [0.717, 1.165) is 25.7 Å². The standard InChI is InChI=1S/C20H27NO5S/c1-19(2)13-6-7-20(19)10-27(24,25)21(14(20)9-13)17(22)15-11-4-5-12(8-11)16(15)18(23)26-3/h4-5,11-16H,6-10H2,1-3H3. The Balaban J connectivity index is 1.54. The van der Waals surface area contributed by atoms with Gasteiger partial charge in [-0.05, 0) is 48.9 Å². The van der Waals surface area contributed by atoms with E-state index in [1.807, 2.05) is 12.2 Å². The first-order valence-corrected chi connectivity index (χ1v) is 11.6. The second kappa shape index (κ2) is 5.16. The molecule has 1 saturated heterocycles. The number of rotatable bonds is 2. The highest BCUT2D eigenvalue weighted by Crippen LogP contribution is 2.70. The summed E-state index contributed by atoms with van der Waals surface area (Å²) in [6.07, 6.45) is 7.37. The topological polar surface area (TPSA) is 80.8 Å². The van der Waals surface area contributed by atoms with Crippen LogP contribution >= 0.6 is 0 Å². The van der Waals surface area contributed by atoms with Crippen molar-refractivity contribution in [2.45, 2.75) is 45.6 Å². The number of sulfonamides is 1. The van der Waals surface area contributed by atoms with Gasteiger partial charge in [0.15, 0.2) is 0 Å². The van der Waals surface area contributed by atoms with Gasteiger partial charge in [-0.3, -0.25) is 9.59 Å². The lowest BCUT2D eigenvalue weighted by molar-refractivity contribution is -0.153. The minimum atomic E-state index is -3.66. The number of fused-ring (bicyclic) bond motifs is 3. The Morgan fingerprint density at radius 1 is 1.11 bits per heavy atom. The fourth-order valence-corrected chi connectivity index (χ4v) is 9.91. The van der Waals surface area contributed by atoms with Crippen LogP contribution in [0.2, 0.25) is 0 Å². The predicted octanol–water partition coefficient (Wildman–Crippen LogP) is 1.96. The fraction of sp³-hybridized carbons (Fsp3) is 0.800. The Morgan fingerprint density at radius 2 is 1.78 bits per heavy atom. The molecule has 27 heavy (non-hydrogen) atoms. The van der Waals surface area contributed by atoms with Crippen molar-refractivity contribution in [3.63, 3.8) is 0 Å². The van der Waals surface area contributed by atoms with Crippen molar-refractivity contribution in [3.05, 3.63) is 12.2 Å². The zero-order valence-corrected chi connectivity index (χ0v) is 16.9. The molecular weight excluding hydrogens is 366 g/mol. The molecule has 1 aliphatic heterocycles. The number of carbonyl (C=O) groups is 2. The summed E-state index contributed by atoms with van der Waals surface area (Å²) < 4.78 is 32.5. The fourth-order valence-electron chi connectivity index (χ4n) is 7.34. The number of allylic oxidation sites excluding steroid dienone is 2. The lowest BCUT2D eigenvalue weighted by Gasteiger charge is -2.38. The number of ether oxygens (including phenoxy) is 1. The third kappa shape index (κ3) is 1.94. The van der Waals surface area contributed by atoms with Crippen LogP contribution in [0.4, 0.5) is 0 Å². The number of amides is 1. The van der Waals surface area contributed by atoms with Crippen LogP contribution in [0, 0.1) is 40.4 Å². The van der Waals surface area contributed by atoms with E-state index in [2.05, 4.69) is 13.8 Å². The highest BCUT2D eigenvalue weighted by Gasteiger charge is 2.73. The molecule has 0 aromatic rings. The molecule has 0 aromatic carbocycles. The Kier molecular flexibility index (Phi) is 3.38. The summed E-state index contributed by atoms with van der Waals surface area (Å²) in [6, 6.07) is -0.245. The SMILES string of the molecule is COC(=O)C1C2C=CC(C2)C1C(=O)N1C2CC3CCC2(CS1(=O)=O)C3(C)C. The minimum Gasteiger partial charge on any atom is -0.469 e. The van der Waals surface area contributed by atoms with E-state index in [1.54, 1.807) is 0 Å². The molecule has 7 unspecified atom stereocenters. The van der Waals surface area contributed by atoms with E-state index >= 15 is 0 Å². The zero-order valence-electron chi connectivity index (χ0n) is 16.1. The predicted molar refractivity (Wildman–Crippen MR) is 97.7 cm³/mol. The van der Waals surface area contributed by atoms with Crippen LogP contribution in [0.5, 0.6) is 0 Å². The monoisotopic (exact) mass is 393 g/mol. The molecule has 0 aromatic heterocycles. The van der Waals surface area contributed by atoms with Crippen LogP contribution in [-0.2, 0) is 24.3 Å². The van der Waals surface area contributed by atoms with Gasteiger partial charge in [0.1, 0.15) is 0 Å². The summed E-state index contributed by atoms with van der Waals surface area (Å²) in [5.74, 6) is -1.49. The van der Waals surface area contributed by atoms with Crippen LogP contribution in [0.1, 0.15) is 39.5 Å². The number of esters is 1. The number of methoxy groups -OCH3 is 1. The van der Waals surface area contributed by atoms with Crippen molar-refractivity contribution in [3.8, 4) is 0 Å². The van der Waals surface area contributed by atoms with Gasteiger partial charge in [0.25, 0.3) is 0 Å². The van der Waals surface area contributed by atoms with Gasteiger partial charge in [0, 0.05) is 5.41 Å². The van der Waals surface area contributed by atoms with Gasteiger partial charge in [-0.25, -0.2) is 12.7 Å². The normalized spacial score (nSPS) is 47.4. The Bertz CT molecular complexity index is 862. The largest absolute Gasteiger partial charge is 0.469 e. The summed E-state index contributed by atoms with van der Waals surface area (Å²) in [4.78, 5) is 26.0. The molecule has 7 atom stereocenters. The number of nitrogens with zero attached hydrogens (tertiary/aromatic N) is 1. The summed E-state index contributed by atoms with van der Waals surface area (Å²) >= 11 is 0. The molecule has 148 valence electrons. The maximum Gasteiger partial charge on any atom is 0.310 e. The zero-order chi connectivity index (χ0) is 19.4. The Labute approximate surface area is 160 Å². The molecule has 1 spiro atoms. The molecule has 1 amide bonds. The van der Waals surface area contributed by atoms with E-state index in [1.165, 1.54) is 11.4 Å². The molecular formula is C20H27NO5S. The summed E-state index contributed by atoms with van der Waals surface area (Å²) in [5.41, 5.74) is -0.406. The molecule has 5 aliphatic rings. The van der Waals surface area contributed by atoms with Crippen LogP contribution < -0.4 is 0 Å². The summed E-state index contributed by atoms with van der Waals surface area (Å²) in [5, 5.41) is 0. The number of hydrogen-bond acceptors (Lipinski definition) is 5. The van der Waals surface area contributed by atoms with Crippen LogP contribution in [0.15, 0.2) is 12.2 Å². The quantitative estimate of drug-likeness (QED) is 0.529. The molecule has 4 fully saturated rings. The van der Waals surface area contributed by atoms with Crippen molar-refractivity contribution in [2.75, 3.05) is 12.9 Å². The second-order valence-corrected chi connectivity index (χ2v) is 11.6. The van der Waals surface area contributed by atoms with E-state index < -0.39 is 27.8 Å². The van der Waals surface area contributed by atoms with Gasteiger partial charge in [0.2, 0.25) is 15.9 Å². The van der Waals surface area contributed by atoms with Crippen LogP contribution in [-0.4, -0.2) is 43.5 Å². The third-order valence-electron chi connectivity index (χ3n) is 8.85. The van der Waals surface area contributed by atoms with Crippen molar-refractivity contribution in [2.24, 2.45) is 40.4 Å². The average molecular weight is 394 g/mol. The molecule has 0 N–H and O–H groups in total. The number of hydrogen-bond donors (Lipinski definition) is 0. The van der Waals surface area contributed by atoms with Gasteiger partial charge in [-0.1, -0.05) is 26.0 Å². The van der Waals surface area contributed by atoms with Gasteiger partial charge in [-0.15, -0.1) is 0 Å². The first-order valence-electron chi connectivity index (χ1n) is 9.96. The van der Waals surface area contributed by atoms with Crippen molar-refractivity contribution in [1.82, 2.24) is 4.31 Å². The molecule has 4 bridgehead atoms. The van der Waals surface area contributed by atoms with Gasteiger partial charge in [0.05, 0.1) is 30.7 Å². The third-order valence-corrected chi connectivity index (χ3v) is 10.8. The Morgan fingerprint density at radius 3 is 2.41 bits per heavy atom. The first kappa shape index (κ1) is 17.7. The van der Waals surface area contributed by atoms with Gasteiger partial charge >= 0.3 is 5.97 Å². The lowest BCUT2D eigenvalue weighted by atomic mass is 9.69.